The molecule has 0 aliphatic carbocycles. The van der Waals surface area contributed by atoms with Gasteiger partial charge in [-0.2, -0.15) is 0 Å². The molecule has 0 bridgehead atoms. The summed E-state index contributed by atoms with van der Waals surface area (Å²) in [4.78, 5) is 8.69. The fraction of sp³-hybridized carbons (Fsp3) is 0. The number of pyridine rings is 2. The Bertz CT molecular complexity index is 553. The largest absolute Gasteiger partial charge is 0.254 e. The van der Waals surface area contributed by atoms with Crippen LogP contribution >= 0.6 is 0 Å². The Hall–Kier alpha value is -0.713. The van der Waals surface area contributed by atoms with E-state index in [2.05, 4.69) is 34.2 Å². The Labute approximate surface area is 117 Å². The molecule has 2 aromatic heterocycles. The van der Waals surface area contributed by atoms with Crippen molar-refractivity contribution in [2.45, 2.75) is 0 Å². The van der Waals surface area contributed by atoms with E-state index in [0.717, 1.165) is 21.8 Å². The van der Waals surface area contributed by atoms with Crippen LogP contribution in [-0.4, -0.2) is 9.97 Å². The molecule has 0 amide bonds. The van der Waals surface area contributed by atoms with E-state index in [9.17, 15) is 0 Å². The molecule has 0 radical (unpaired) electrons. The maximum atomic E-state index is 4.35. The van der Waals surface area contributed by atoms with Crippen LogP contribution in [0.4, 0.5) is 0 Å². The van der Waals surface area contributed by atoms with Gasteiger partial charge in [-0.1, -0.05) is 24.3 Å². The molecule has 2 nitrogen and oxygen atoms in total. The molecule has 3 aromatic rings. The third-order valence-electron chi connectivity index (χ3n) is 2.34. The molecule has 0 spiro atoms. The first kappa shape index (κ1) is 10.8. The second-order valence-electron chi connectivity index (χ2n) is 3.22. The van der Waals surface area contributed by atoms with Gasteiger partial charge in [0.05, 0.1) is 11.0 Å². The van der Waals surface area contributed by atoms with Crippen molar-refractivity contribution in [3.63, 3.8) is 0 Å². The van der Waals surface area contributed by atoms with Gasteiger partial charge in [-0.3, -0.25) is 9.97 Å². The SMILES string of the molecule is [Er].c1cnc2c(c1)ccc1cccnc12. The molecule has 0 aliphatic heterocycles. The van der Waals surface area contributed by atoms with Crippen LogP contribution in [0.25, 0.3) is 21.8 Å². The van der Waals surface area contributed by atoms with Gasteiger partial charge in [0.15, 0.2) is 0 Å². The maximum absolute atomic E-state index is 4.35. The number of aromatic nitrogens is 2. The summed E-state index contributed by atoms with van der Waals surface area (Å²) in [6, 6.07) is 12.1. The Morgan fingerprint density at radius 3 is 1.60 bits per heavy atom. The molecule has 3 heteroatoms. The minimum absolute atomic E-state index is 0. The summed E-state index contributed by atoms with van der Waals surface area (Å²) in [6.07, 6.45) is 3.60. The summed E-state index contributed by atoms with van der Waals surface area (Å²) >= 11 is 0. The number of benzene rings is 1. The normalized spacial score (nSPS) is 10.1. The number of hydrogen-bond donors (Lipinski definition) is 0. The number of fused-ring (bicyclic) bond motifs is 3. The van der Waals surface area contributed by atoms with Crippen molar-refractivity contribution in [2.75, 3.05) is 0 Å². The number of rotatable bonds is 0. The van der Waals surface area contributed by atoms with Gasteiger partial charge in [-0.25, -0.2) is 0 Å². The molecule has 78 valence electrons. The average Bonchev–Trinajstić information content (AvgIpc) is 2.29. The summed E-state index contributed by atoms with van der Waals surface area (Å²) in [6.45, 7) is 0. The number of hydrogen-bond acceptors (Lipinski definition) is 2. The molecule has 0 fully saturated rings. The van der Waals surface area contributed by atoms with Crippen LogP contribution in [0.2, 0.25) is 0 Å². The predicted molar refractivity (Wildman–Crippen MR) is 57.0 cm³/mol. The van der Waals surface area contributed by atoms with Crippen molar-refractivity contribution in [1.29, 1.82) is 0 Å². The Balaban J connectivity index is 0.000000853. The molecular formula is C12H8ErN2. The first-order valence-electron chi connectivity index (χ1n) is 4.53. The summed E-state index contributed by atoms with van der Waals surface area (Å²) in [7, 11) is 0. The average molecular weight is 347 g/mol. The van der Waals surface area contributed by atoms with Crippen LogP contribution in [0.5, 0.6) is 0 Å². The maximum Gasteiger partial charge on any atom is 0.0964 e. The van der Waals surface area contributed by atoms with E-state index >= 15 is 0 Å². The zero-order chi connectivity index (χ0) is 9.38. The van der Waals surface area contributed by atoms with Crippen LogP contribution in [0, 0.1) is 37.3 Å². The van der Waals surface area contributed by atoms with Crippen molar-refractivity contribution >= 4 is 21.8 Å². The van der Waals surface area contributed by atoms with Crippen molar-refractivity contribution in [3.05, 3.63) is 48.8 Å². The van der Waals surface area contributed by atoms with E-state index in [1.165, 1.54) is 0 Å². The van der Waals surface area contributed by atoms with E-state index in [1.807, 2.05) is 12.1 Å². The first-order chi connectivity index (χ1) is 6.95. The molecule has 15 heavy (non-hydrogen) atoms. The van der Waals surface area contributed by atoms with Gasteiger partial charge in [-0.15, -0.1) is 0 Å². The fourth-order valence-electron chi connectivity index (χ4n) is 1.68. The summed E-state index contributed by atoms with van der Waals surface area (Å²) in [5.41, 5.74) is 1.95. The minimum atomic E-state index is 0. The second-order valence-corrected chi connectivity index (χ2v) is 3.22. The zero-order valence-electron chi connectivity index (χ0n) is 7.80. The quantitative estimate of drug-likeness (QED) is 0.585. The fourth-order valence-corrected chi connectivity index (χ4v) is 1.68. The predicted octanol–water partition coefficient (Wildman–Crippen LogP) is 2.78. The molecule has 0 saturated heterocycles. The van der Waals surface area contributed by atoms with E-state index in [1.54, 1.807) is 12.4 Å². The minimum Gasteiger partial charge on any atom is -0.254 e. The van der Waals surface area contributed by atoms with Gasteiger partial charge in [0.2, 0.25) is 0 Å². The third kappa shape index (κ3) is 1.85. The van der Waals surface area contributed by atoms with Crippen LogP contribution < -0.4 is 0 Å². The number of nitrogens with zero attached hydrogens (tertiary/aromatic N) is 2. The van der Waals surface area contributed by atoms with Crippen LogP contribution in [0.1, 0.15) is 0 Å². The molecule has 0 N–H and O–H groups in total. The van der Waals surface area contributed by atoms with Gasteiger partial charge < -0.3 is 0 Å². The van der Waals surface area contributed by atoms with Crippen molar-refractivity contribution < 1.29 is 37.3 Å². The molecule has 2 heterocycles. The molecule has 0 atom stereocenters. The summed E-state index contributed by atoms with van der Waals surface area (Å²) in [5.74, 6) is 0. The monoisotopic (exact) mass is 346 g/mol. The van der Waals surface area contributed by atoms with Gasteiger partial charge in [0.25, 0.3) is 0 Å². The molecule has 0 unspecified atom stereocenters. The zero-order valence-corrected chi connectivity index (χ0v) is 9.65. The van der Waals surface area contributed by atoms with Crippen molar-refractivity contribution in [2.24, 2.45) is 0 Å². The van der Waals surface area contributed by atoms with Crippen LogP contribution in [-0.2, 0) is 0 Å². The standard InChI is InChI=1S/C12H8N2.Er/c1-3-9-5-6-10-4-2-8-14-12(10)11(9)13-7-1;/h1-8H;. The topological polar surface area (TPSA) is 25.8 Å². The first-order valence-corrected chi connectivity index (χ1v) is 4.53. The van der Waals surface area contributed by atoms with E-state index < -0.39 is 0 Å². The Morgan fingerprint density at radius 2 is 1.13 bits per heavy atom. The molecule has 0 saturated carbocycles. The summed E-state index contributed by atoms with van der Waals surface area (Å²) in [5, 5.41) is 2.28. The molecule has 0 aliphatic rings. The van der Waals surface area contributed by atoms with Crippen molar-refractivity contribution in [3.8, 4) is 0 Å². The smallest absolute Gasteiger partial charge is 0.0964 e. The molecule has 3 rings (SSSR count). The Morgan fingerprint density at radius 1 is 0.667 bits per heavy atom. The van der Waals surface area contributed by atoms with Gasteiger partial charge in [0, 0.05) is 60.5 Å². The van der Waals surface area contributed by atoms with Gasteiger partial charge >= 0.3 is 0 Å². The van der Waals surface area contributed by atoms with Crippen LogP contribution in [0.15, 0.2) is 48.8 Å². The van der Waals surface area contributed by atoms with Gasteiger partial charge in [0.1, 0.15) is 0 Å². The summed E-state index contributed by atoms with van der Waals surface area (Å²) < 4.78 is 0. The molecular weight excluding hydrogens is 339 g/mol. The molecule has 1 aromatic carbocycles. The van der Waals surface area contributed by atoms with Gasteiger partial charge in [-0.05, 0) is 12.1 Å². The van der Waals surface area contributed by atoms with E-state index in [0.29, 0.717) is 0 Å². The third-order valence-corrected chi connectivity index (χ3v) is 2.34. The second kappa shape index (κ2) is 4.43. The van der Waals surface area contributed by atoms with Crippen LogP contribution in [0.3, 0.4) is 0 Å². The van der Waals surface area contributed by atoms with E-state index in [-0.39, 0.29) is 37.3 Å². The van der Waals surface area contributed by atoms with E-state index in [4.69, 9.17) is 0 Å². The Kier molecular flexibility index (Phi) is 3.19. The van der Waals surface area contributed by atoms with Crippen molar-refractivity contribution in [1.82, 2.24) is 9.97 Å².